The third-order valence-corrected chi connectivity index (χ3v) is 2.93. The molecule has 0 atom stereocenters. The molecule has 0 spiro atoms. The zero-order valence-corrected chi connectivity index (χ0v) is 10.4. The maximum Gasteiger partial charge on any atom is 0.207 e. The molecule has 0 saturated heterocycles. The molecule has 0 amide bonds. The average molecular weight is 238 g/mol. The van der Waals surface area contributed by atoms with Crippen LogP contribution in [0.1, 0.15) is 11.3 Å². The van der Waals surface area contributed by atoms with Gasteiger partial charge in [-0.25, -0.2) is 9.97 Å². The molecule has 0 aliphatic rings. The van der Waals surface area contributed by atoms with Crippen LogP contribution < -0.4 is 5.73 Å². The highest BCUT2D eigenvalue weighted by Gasteiger charge is 2.11. The Bertz CT molecular complexity index is 728. The van der Waals surface area contributed by atoms with Crippen molar-refractivity contribution in [2.75, 3.05) is 5.73 Å². The van der Waals surface area contributed by atoms with Crippen LogP contribution in [0.2, 0.25) is 0 Å². The van der Waals surface area contributed by atoms with E-state index in [0.717, 1.165) is 22.5 Å². The number of hydrogen-bond donors (Lipinski definition) is 1. The Kier molecular flexibility index (Phi) is 2.30. The molecule has 90 valence electrons. The number of benzene rings is 1. The Morgan fingerprint density at radius 3 is 2.67 bits per heavy atom. The van der Waals surface area contributed by atoms with Crippen LogP contribution in [-0.2, 0) is 0 Å². The lowest BCUT2D eigenvalue weighted by atomic mass is 10.2. The van der Waals surface area contributed by atoms with Crippen molar-refractivity contribution in [1.82, 2.24) is 14.5 Å². The summed E-state index contributed by atoms with van der Waals surface area (Å²) in [7, 11) is 0. The topological polar surface area (TPSA) is 56.7 Å². The molecule has 0 bridgehead atoms. The van der Waals surface area contributed by atoms with Gasteiger partial charge in [0.05, 0.1) is 5.69 Å². The number of pyridine rings is 1. The van der Waals surface area contributed by atoms with E-state index in [1.807, 2.05) is 35.8 Å². The fourth-order valence-corrected chi connectivity index (χ4v) is 2.09. The van der Waals surface area contributed by atoms with E-state index in [-0.39, 0.29) is 0 Å². The summed E-state index contributed by atoms with van der Waals surface area (Å²) in [5.74, 6) is 0.466. The van der Waals surface area contributed by atoms with Crippen molar-refractivity contribution in [2.45, 2.75) is 13.8 Å². The standard InChI is InChI=1S/C14H14N4/c1-9-4-3-5-11(8-9)18-13-12(17-14(18)15)7-6-10(2)16-13/h3-8H,1-2H3,(H2,15,17). The summed E-state index contributed by atoms with van der Waals surface area (Å²) in [5.41, 5.74) is 10.8. The molecule has 2 N–H and O–H groups in total. The van der Waals surface area contributed by atoms with E-state index in [0.29, 0.717) is 5.95 Å². The van der Waals surface area contributed by atoms with Crippen molar-refractivity contribution in [3.05, 3.63) is 47.7 Å². The Morgan fingerprint density at radius 2 is 1.89 bits per heavy atom. The largest absolute Gasteiger partial charge is 0.369 e. The van der Waals surface area contributed by atoms with Gasteiger partial charge in [-0.15, -0.1) is 0 Å². The van der Waals surface area contributed by atoms with Gasteiger partial charge in [0.2, 0.25) is 5.95 Å². The Labute approximate surface area is 105 Å². The van der Waals surface area contributed by atoms with Gasteiger partial charge in [-0.05, 0) is 43.7 Å². The first kappa shape index (κ1) is 10.8. The van der Waals surface area contributed by atoms with E-state index in [2.05, 4.69) is 29.0 Å². The predicted octanol–water partition coefficient (Wildman–Crippen LogP) is 2.62. The minimum absolute atomic E-state index is 0.466. The number of aryl methyl sites for hydroxylation is 2. The first-order valence-electron chi connectivity index (χ1n) is 5.84. The van der Waals surface area contributed by atoms with Crippen LogP contribution >= 0.6 is 0 Å². The summed E-state index contributed by atoms with van der Waals surface area (Å²) in [5, 5.41) is 0. The summed E-state index contributed by atoms with van der Waals surface area (Å²) < 4.78 is 1.88. The summed E-state index contributed by atoms with van der Waals surface area (Å²) in [6.07, 6.45) is 0. The second-order valence-corrected chi connectivity index (χ2v) is 4.44. The van der Waals surface area contributed by atoms with Crippen LogP contribution in [0.3, 0.4) is 0 Å². The minimum Gasteiger partial charge on any atom is -0.369 e. The van der Waals surface area contributed by atoms with Gasteiger partial charge >= 0.3 is 0 Å². The van der Waals surface area contributed by atoms with Gasteiger partial charge in [0.1, 0.15) is 5.52 Å². The molecular weight excluding hydrogens is 224 g/mol. The van der Waals surface area contributed by atoms with E-state index in [1.54, 1.807) is 0 Å². The number of anilines is 1. The number of nitrogens with two attached hydrogens (primary N) is 1. The lowest BCUT2D eigenvalue weighted by Gasteiger charge is -2.06. The van der Waals surface area contributed by atoms with Crippen LogP contribution in [0.5, 0.6) is 0 Å². The molecular formula is C14H14N4. The molecule has 3 aromatic rings. The van der Waals surface area contributed by atoms with Crippen LogP contribution in [0, 0.1) is 13.8 Å². The number of imidazole rings is 1. The molecule has 0 unspecified atom stereocenters. The monoisotopic (exact) mass is 238 g/mol. The van der Waals surface area contributed by atoms with Gasteiger partial charge in [-0.3, -0.25) is 4.57 Å². The first-order chi connectivity index (χ1) is 8.65. The van der Waals surface area contributed by atoms with Gasteiger partial charge in [0.15, 0.2) is 5.65 Å². The van der Waals surface area contributed by atoms with Crippen molar-refractivity contribution >= 4 is 17.1 Å². The smallest absolute Gasteiger partial charge is 0.207 e. The predicted molar refractivity (Wildman–Crippen MR) is 72.8 cm³/mol. The normalized spacial score (nSPS) is 11.0. The zero-order chi connectivity index (χ0) is 12.7. The maximum atomic E-state index is 6.00. The van der Waals surface area contributed by atoms with Crippen molar-refractivity contribution in [1.29, 1.82) is 0 Å². The molecule has 0 saturated carbocycles. The lowest BCUT2D eigenvalue weighted by molar-refractivity contribution is 1.07. The number of aromatic nitrogens is 3. The van der Waals surface area contributed by atoms with Crippen molar-refractivity contribution < 1.29 is 0 Å². The molecule has 0 aliphatic heterocycles. The van der Waals surface area contributed by atoms with Crippen molar-refractivity contribution in [3.8, 4) is 5.69 Å². The number of fused-ring (bicyclic) bond motifs is 1. The third kappa shape index (κ3) is 1.62. The Morgan fingerprint density at radius 1 is 1.06 bits per heavy atom. The quantitative estimate of drug-likeness (QED) is 0.709. The third-order valence-electron chi connectivity index (χ3n) is 2.93. The number of hydrogen-bond acceptors (Lipinski definition) is 3. The molecule has 0 radical (unpaired) electrons. The molecule has 2 heterocycles. The van der Waals surface area contributed by atoms with E-state index in [1.165, 1.54) is 5.56 Å². The summed E-state index contributed by atoms with van der Waals surface area (Å²) >= 11 is 0. The van der Waals surface area contributed by atoms with Gasteiger partial charge in [0.25, 0.3) is 0 Å². The number of rotatable bonds is 1. The second kappa shape index (κ2) is 3.84. The molecule has 18 heavy (non-hydrogen) atoms. The van der Waals surface area contributed by atoms with Gasteiger partial charge in [-0.2, -0.15) is 0 Å². The maximum absolute atomic E-state index is 6.00. The van der Waals surface area contributed by atoms with Crippen LogP contribution in [-0.4, -0.2) is 14.5 Å². The first-order valence-corrected chi connectivity index (χ1v) is 5.84. The number of nitrogen functional groups attached to an aromatic ring is 1. The number of nitrogens with zero attached hydrogens (tertiary/aromatic N) is 3. The molecule has 4 heteroatoms. The fourth-order valence-electron chi connectivity index (χ4n) is 2.09. The zero-order valence-electron chi connectivity index (χ0n) is 10.4. The summed E-state index contributed by atoms with van der Waals surface area (Å²) in [6.45, 7) is 4.01. The molecule has 3 rings (SSSR count). The average Bonchev–Trinajstić information content (AvgIpc) is 2.64. The molecule has 1 aromatic carbocycles. The van der Waals surface area contributed by atoms with Crippen LogP contribution in [0.4, 0.5) is 5.95 Å². The molecule has 0 fully saturated rings. The summed E-state index contributed by atoms with van der Waals surface area (Å²) in [6, 6.07) is 12.0. The van der Waals surface area contributed by atoms with E-state index in [4.69, 9.17) is 5.73 Å². The van der Waals surface area contributed by atoms with Gasteiger partial charge in [0, 0.05) is 5.69 Å². The second-order valence-electron chi connectivity index (χ2n) is 4.44. The van der Waals surface area contributed by atoms with Crippen molar-refractivity contribution in [2.24, 2.45) is 0 Å². The van der Waals surface area contributed by atoms with E-state index >= 15 is 0 Å². The summed E-state index contributed by atoms with van der Waals surface area (Å²) in [4.78, 5) is 8.86. The highest BCUT2D eigenvalue weighted by Crippen LogP contribution is 2.22. The molecule has 4 nitrogen and oxygen atoms in total. The SMILES string of the molecule is Cc1cccc(-n2c(N)nc3ccc(C)nc32)c1. The minimum atomic E-state index is 0.466. The lowest BCUT2D eigenvalue weighted by Crippen LogP contribution is -2.01. The van der Waals surface area contributed by atoms with Gasteiger partial charge < -0.3 is 5.73 Å². The van der Waals surface area contributed by atoms with E-state index in [9.17, 15) is 0 Å². The highest BCUT2D eigenvalue weighted by atomic mass is 15.2. The molecule has 0 aliphatic carbocycles. The van der Waals surface area contributed by atoms with E-state index < -0.39 is 0 Å². The Balaban J connectivity index is 2.34. The van der Waals surface area contributed by atoms with Crippen LogP contribution in [0.25, 0.3) is 16.9 Å². The Hall–Kier alpha value is -2.36. The molecule has 2 aromatic heterocycles. The fraction of sp³-hybridized carbons (Fsp3) is 0.143. The van der Waals surface area contributed by atoms with Crippen LogP contribution in [0.15, 0.2) is 36.4 Å². The van der Waals surface area contributed by atoms with Gasteiger partial charge in [-0.1, -0.05) is 12.1 Å². The van der Waals surface area contributed by atoms with Crippen molar-refractivity contribution in [3.63, 3.8) is 0 Å². The highest BCUT2D eigenvalue weighted by molar-refractivity contribution is 5.77.